The van der Waals surface area contributed by atoms with Gasteiger partial charge in [0, 0.05) is 12.5 Å². The highest BCUT2D eigenvalue weighted by Gasteiger charge is 2.21. The lowest BCUT2D eigenvalue weighted by atomic mass is 9.99. The van der Waals surface area contributed by atoms with Crippen LogP contribution in [0, 0.1) is 5.92 Å². The lowest BCUT2D eigenvalue weighted by Gasteiger charge is -2.21. The third-order valence-corrected chi connectivity index (χ3v) is 2.32. The van der Waals surface area contributed by atoms with Gasteiger partial charge in [-0.3, -0.25) is 9.59 Å². The summed E-state index contributed by atoms with van der Waals surface area (Å²) < 4.78 is 0. The van der Waals surface area contributed by atoms with E-state index in [0.29, 0.717) is 6.42 Å². The Morgan fingerprint density at radius 3 is 2.29 bits per heavy atom. The van der Waals surface area contributed by atoms with Gasteiger partial charge in [-0.1, -0.05) is 20.8 Å². The van der Waals surface area contributed by atoms with Crippen LogP contribution in [0.15, 0.2) is 0 Å². The quantitative estimate of drug-likeness (QED) is 0.665. The van der Waals surface area contributed by atoms with Crippen LogP contribution in [0.25, 0.3) is 0 Å². The van der Waals surface area contributed by atoms with Gasteiger partial charge in [-0.05, 0) is 12.8 Å². The largest absolute Gasteiger partial charge is 0.369 e. The van der Waals surface area contributed by atoms with Gasteiger partial charge in [0.15, 0.2) is 0 Å². The smallest absolute Gasteiger partial charge is 0.222 e. The first kappa shape index (κ1) is 12.9. The molecule has 3 N–H and O–H groups in total. The topological polar surface area (TPSA) is 72.2 Å². The maximum atomic E-state index is 11.3. The Hall–Kier alpha value is -1.06. The van der Waals surface area contributed by atoms with Crippen molar-refractivity contribution in [1.82, 2.24) is 5.32 Å². The summed E-state index contributed by atoms with van der Waals surface area (Å²) in [6, 6.07) is -0.133. The second-order valence-electron chi connectivity index (χ2n) is 3.52. The van der Waals surface area contributed by atoms with E-state index in [1.54, 1.807) is 6.92 Å². The fourth-order valence-electron chi connectivity index (χ4n) is 1.28. The monoisotopic (exact) mass is 200 g/mol. The zero-order valence-corrected chi connectivity index (χ0v) is 9.17. The number of carbonyl (C=O) groups is 2. The zero-order valence-electron chi connectivity index (χ0n) is 9.17. The molecule has 0 aliphatic heterocycles. The van der Waals surface area contributed by atoms with Gasteiger partial charge in [-0.25, -0.2) is 0 Å². The maximum Gasteiger partial charge on any atom is 0.222 e. The van der Waals surface area contributed by atoms with Crippen LogP contribution in [0.4, 0.5) is 0 Å². The summed E-state index contributed by atoms with van der Waals surface area (Å²) in [6.07, 6.45) is 2.04. The molecule has 0 saturated carbocycles. The Morgan fingerprint density at radius 1 is 1.36 bits per heavy atom. The lowest BCUT2D eigenvalue weighted by Crippen LogP contribution is -2.43. The van der Waals surface area contributed by atoms with Gasteiger partial charge in [0.25, 0.3) is 0 Å². The summed E-state index contributed by atoms with van der Waals surface area (Å²) in [5.41, 5.74) is 5.17. The van der Waals surface area contributed by atoms with Crippen molar-refractivity contribution in [1.29, 1.82) is 0 Å². The standard InChI is InChI=1S/C10H20N2O2/c1-4-6-9(13)12-8(5-2)7(3)10(11)14/h7-8H,4-6H2,1-3H3,(H2,11,14)(H,12,13). The molecule has 0 aromatic rings. The molecular formula is C10H20N2O2. The number of amides is 2. The summed E-state index contributed by atoms with van der Waals surface area (Å²) >= 11 is 0. The third kappa shape index (κ3) is 4.25. The maximum absolute atomic E-state index is 11.3. The highest BCUT2D eigenvalue weighted by Crippen LogP contribution is 2.06. The van der Waals surface area contributed by atoms with Crippen molar-refractivity contribution >= 4 is 11.8 Å². The Labute approximate surface area is 85.2 Å². The molecule has 0 fully saturated rings. The number of nitrogens with two attached hydrogens (primary N) is 1. The summed E-state index contributed by atoms with van der Waals surface area (Å²) in [6.45, 7) is 5.61. The Balaban J connectivity index is 4.14. The van der Waals surface area contributed by atoms with Crippen molar-refractivity contribution in [2.75, 3.05) is 0 Å². The predicted molar refractivity (Wildman–Crippen MR) is 55.5 cm³/mol. The van der Waals surface area contributed by atoms with E-state index in [-0.39, 0.29) is 23.8 Å². The fraction of sp³-hybridized carbons (Fsp3) is 0.800. The van der Waals surface area contributed by atoms with Crippen LogP contribution in [-0.2, 0) is 9.59 Å². The molecule has 0 spiro atoms. The molecule has 0 aromatic heterocycles. The van der Waals surface area contributed by atoms with Gasteiger partial charge in [0.2, 0.25) is 11.8 Å². The molecule has 2 atom stereocenters. The first-order valence-corrected chi connectivity index (χ1v) is 5.11. The molecule has 4 nitrogen and oxygen atoms in total. The van der Waals surface area contributed by atoms with Crippen molar-refractivity contribution in [3.05, 3.63) is 0 Å². The lowest BCUT2D eigenvalue weighted by molar-refractivity contribution is -0.124. The normalized spacial score (nSPS) is 14.5. The summed E-state index contributed by atoms with van der Waals surface area (Å²) in [4.78, 5) is 22.2. The van der Waals surface area contributed by atoms with Crippen LogP contribution >= 0.6 is 0 Å². The van der Waals surface area contributed by atoms with Crippen LogP contribution in [0.2, 0.25) is 0 Å². The van der Waals surface area contributed by atoms with Crippen molar-refractivity contribution in [2.45, 2.75) is 46.1 Å². The number of hydrogen-bond acceptors (Lipinski definition) is 2. The summed E-state index contributed by atoms with van der Waals surface area (Å²) in [5, 5.41) is 2.81. The van der Waals surface area contributed by atoms with Gasteiger partial charge in [-0.2, -0.15) is 0 Å². The van der Waals surface area contributed by atoms with Crippen LogP contribution in [0.1, 0.15) is 40.0 Å². The van der Waals surface area contributed by atoms with Gasteiger partial charge in [0.1, 0.15) is 0 Å². The number of rotatable bonds is 6. The van der Waals surface area contributed by atoms with E-state index in [0.717, 1.165) is 12.8 Å². The highest BCUT2D eigenvalue weighted by atomic mass is 16.2. The SMILES string of the molecule is CCCC(=O)NC(CC)C(C)C(N)=O. The molecular weight excluding hydrogens is 180 g/mol. The van der Waals surface area contributed by atoms with Crippen molar-refractivity contribution in [3.8, 4) is 0 Å². The number of carbonyl (C=O) groups excluding carboxylic acids is 2. The zero-order chi connectivity index (χ0) is 11.1. The number of primary amides is 1. The molecule has 0 aliphatic carbocycles. The number of hydrogen-bond donors (Lipinski definition) is 2. The van der Waals surface area contributed by atoms with E-state index < -0.39 is 0 Å². The molecule has 0 bridgehead atoms. The molecule has 2 unspecified atom stereocenters. The Kier molecular flexibility index (Phi) is 5.92. The molecule has 0 aliphatic rings. The van der Waals surface area contributed by atoms with Crippen LogP contribution in [-0.4, -0.2) is 17.9 Å². The second kappa shape index (κ2) is 6.40. The van der Waals surface area contributed by atoms with Gasteiger partial charge in [-0.15, -0.1) is 0 Å². The minimum atomic E-state index is -0.367. The molecule has 0 aromatic carbocycles. The average molecular weight is 200 g/mol. The third-order valence-electron chi connectivity index (χ3n) is 2.32. The van der Waals surface area contributed by atoms with Crippen molar-refractivity contribution < 1.29 is 9.59 Å². The molecule has 2 amide bonds. The van der Waals surface area contributed by atoms with E-state index >= 15 is 0 Å². The fourth-order valence-corrected chi connectivity index (χ4v) is 1.28. The van der Waals surface area contributed by atoms with Crippen molar-refractivity contribution in [3.63, 3.8) is 0 Å². The summed E-state index contributed by atoms with van der Waals surface area (Å²) in [7, 11) is 0. The van der Waals surface area contributed by atoms with Crippen LogP contribution < -0.4 is 11.1 Å². The first-order chi connectivity index (χ1) is 6.52. The molecule has 0 saturated heterocycles. The molecule has 0 rings (SSSR count). The van der Waals surface area contributed by atoms with Gasteiger partial charge < -0.3 is 11.1 Å². The van der Waals surface area contributed by atoms with Crippen LogP contribution in [0.3, 0.4) is 0 Å². The van der Waals surface area contributed by atoms with E-state index in [4.69, 9.17) is 5.73 Å². The van der Waals surface area contributed by atoms with E-state index in [9.17, 15) is 9.59 Å². The second-order valence-corrected chi connectivity index (χ2v) is 3.52. The predicted octanol–water partition coefficient (Wildman–Crippen LogP) is 0.803. The minimum Gasteiger partial charge on any atom is -0.369 e. The molecule has 0 radical (unpaired) electrons. The molecule has 4 heteroatoms. The Morgan fingerprint density at radius 2 is 1.93 bits per heavy atom. The van der Waals surface area contributed by atoms with E-state index in [1.807, 2.05) is 13.8 Å². The average Bonchev–Trinajstić information content (AvgIpc) is 2.13. The van der Waals surface area contributed by atoms with Gasteiger partial charge >= 0.3 is 0 Å². The van der Waals surface area contributed by atoms with E-state index in [2.05, 4.69) is 5.32 Å². The molecule has 14 heavy (non-hydrogen) atoms. The minimum absolute atomic E-state index is 0.00699. The van der Waals surface area contributed by atoms with Gasteiger partial charge in [0.05, 0.1) is 5.92 Å². The number of nitrogens with one attached hydrogen (secondary N) is 1. The van der Waals surface area contributed by atoms with Crippen molar-refractivity contribution in [2.24, 2.45) is 11.7 Å². The molecule has 82 valence electrons. The Bertz CT molecular complexity index is 204. The summed E-state index contributed by atoms with van der Waals surface area (Å²) in [5.74, 6) is -0.679. The van der Waals surface area contributed by atoms with E-state index in [1.165, 1.54) is 0 Å². The highest BCUT2D eigenvalue weighted by molar-refractivity contribution is 5.80. The molecule has 0 heterocycles. The first-order valence-electron chi connectivity index (χ1n) is 5.11. The van der Waals surface area contributed by atoms with Crippen LogP contribution in [0.5, 0.6) is 0 Å².